The lowest BCUT2D eigenvalue weighted by Crippen LogP contribution is -2.56. The SMILES string of the molecule is C=C(C)c1cnc(N2CCN(c3ccc(F)c(S(C)(=O)=O)c3)C[C@H]2C(C)C)nc1C(F)(F)F. The normalized spacial score (nSPS) is 17.5. The third-order valence-corrected chi connectivity index (χ3v) is 6.74. The first-order valence-corrected chi connectivity index (χ1v) is 12.2. The van der Waals surface area contributed by atoms with Crippen molar-refractivity contribution in [3.05, 3.63) is 48.0 Å². The van der Waals surface area contributed by atoms with Gasteiger partial charge in [-0.1, -0.05) is 20.4 Å². The number of piperazine rings is 1. The van der Waals surface area contributed by atoms with Crippen molar-refractivity contribution in [3.63, 3.8) is 0 Å². The topological polar surface area (TPSA) is 66.4 Å². The van der Waals surface area contributed by atoms with Crippen molar-refractivity contribution < 1.29 is 26.0 Å². The number of rotatable bonds is 5. The summed E-state index contributed by atoms with van der Waals surface area (Å²) in [7, 11) is -3.75. The summed E-state index contributed by atoms with van der Waals surface area (Å²) >= 11 is 0. The number of hydrogen-bond donors (Lipinski definition) is 0. The van der Waals surface area contributed by atoms with Crippen molar-refractivity contribution in [3.8, 4) is 0 Å². The predicted molar refractivity (Wildman–Crippen MR) is 119 cm³/mol. The van der Waals surface area contributed by atoms with Gasteiger partial charge in [0.1, 0.15) is 10.7 Å². The van der Waals surface area contributed by atoms with Gasteiger partial charge in [0.2, 0.25) is 5.95 Å². The lowest BCUT2D eigenvalue weighted by molar-refractivity contribution is -0.141. The fraction of sp³-hybridized carbons (Fsp3) is 0.455. The van der Waals surface area contributed by atoms with Crippen LogP contribution in [0.5, 0.6) is 0 Å². The molecule has 6 nitrogen and oxygen atoms in total. The molecule has 1 saturated heterocycles. The van der Waals surface area contributed by atoms with E-state index in [0.29, 0.717) is 25.3 Å². The number of sulfone groups is 1. The van der Waals surface area contributed by atoms with Gasteiger partial charge in [-0.25, -0.2) is 22.8 Å². The Morgan fingerprint density at radius 3 is 2.45 bits per heavy atom. The summed E-state index contributed by atoms with van der Waals surface area (Å²) < 4.78 is 78.7. The Bertz CT molecular complexity index is 1170. The second kappa shape index (κ2) is 8.92. The van der Waals surface area contributed by atoms with E-state index < -0.39 is 32.4 Å². The molecule has 2 aromatic rings. The number of alkyl halides is 3. The summed E-state index contributed by atoms with van der Waals surface area (Å²) in [6, 6.07) is 3.63. The van der Waals surface area contributed by atoms with E-state index in [9.17, 15) is 26.0 Å². The molecule has 0 unspecified atom stereocenters. The standard InChI is InChI=1S/C22H26F4N4O2S/c1-13(2)16-11-27-21(28-20(16)22(24,25)26)30-9-8-29(12-18(30)14(3)4)15-6-7-17(23)19(10-15)33(5,31)32/h6-7,10-11,14,18H,1,8-9,12H2,2-5H3/t18-/m0/s1. The summed E-state index contributed by atoms with van der Waals surface area (Å²) in [5, 5.41) is 0. The van der Waals surface area contributed by atoms with Crippen LogP contribution in [-0.2, 0) is 16.0 Å². The maximum absolute atomic E-state index is 14.0. The average molecular weight is 487 g/mol. The molecular formula is C22H26F4N4O2S. The van der Waals surface area contributed by atoms with E-state index in [1.807, 2.05) is 18.7 Å². The molecule has 2 heterocycles. The summed E-state index contributed by atoms with van der Waals surface area (Å²) in [6.07, 6.45) is -2.57. The van der Waals surface area contributed by atoms with Gasteiger partial charge in [0.05, 0.1) is 6.04 Å². The maximum Gasteiger partial charge on any atom is 0.434 e. The number of benzene rings is 1. The molecule has 0 radical (unpaired) electrons. The fourth-order valence-electron chi connectivity index (χ4n) is 3.88. The first kappa shape index (κ1) is 24.9. The van der Waals surface area contributed by atoms with Crippen molar-refractivity contribution in [2.24, 2.45) is 5.92 Å². The van der Waals surface area contributed by atoms with Crippen LogP contribution >= 0.6 is 0 Å². The summed E-state index contributed by atoms with van der Waals surface area (Å²) in [5.41, 5.74) is -0.430. The molecule has 11 heteroatoms. The molecule has 180 valence electrons. The minimum Gasteiger partial charge on any atom is -0.368 e. The van der Waals surface area contributed by atoms with Gasteiger partial charge in [-0.05, 0) is 36.6 Å². The molecule has 3 rings (SSSR count). The van der Waals surface area contributed by atoms with E-state index in [1.165, 1.54) is 19.1 Å². The van der Waals surface area contributed by atoms with E-state index >= 15 is 0 Å². The van der Waals surface area contributed by atoms with Crippen LogP contribution in [0.1, 0.15) is 32.0 Å². The van der Waals surface area contributed by atoms with Crippen molar-refractivity contribution in [2.45, 2.75) is 37.9 Å². The zero-order valence-electron chi connectivity index (χ0n) is 18.8. The molecule has 1 aliphatic rings. The number of nitrogens with zero attached hydrogens (tertiary/aromatic N) is 4. The Morgan fingerprint density at radius 2 is 1.91 bits per heavy atom. The average Bonchev–Trinajstić information content (AvgIpc) is 2.71. The van der Waals surface area contributed by atoms with Crippen LogP contribution in [0, 0.1) is 11.7 Å². The molecular weight excluding hydrogens is 460 g/mol. The Kier molecular flexibility index (Phi) is 6.74. The van der Waals surface area contributed by atoms with Crippen molar-refractivity contribution >= 4 is 27.0 Å². The smallest absolute Gasteiger partial charge is 0.368 e. The highest BCUT2D eigenvalue weighted by Crippen LogP contribution is 2.35. The predicted octanol–water partition coefficient (Wildman–Crippen LogP) is 4.42. The molecule has 1 fully saturated rings. The lowest BCUT2D eigenvalue weighted by atomic mass is 9.99. The Morgan fingerprint density at radius 1 is 1.24 bits per heavy atom. The quantitative estimate of drug-likeness (QED) is 0.583. The van der Waals surface area contributed by atoms with Crippen molar-refractivity contribution in [1.82, 2.24) is 9.97 Å². The molecule has 0 saturated carbocycles. The first-order valence-electron chi connectivity index (χ1n) is 10.3. The minimum atomic E-state index is -4.66. The van der Waals surface area contributed by atoms with Gasteiger partial charge < -0.3 is 9.80 Å². The largest absolute Gasteiger partial charge is 0.434 e. The van der Waals surface area contributed by atoms with Crippen LogP contribution in [0.4, 0.5) is 29.2 Å². The number of anilines is 2. The highest BCUT2D eigenvalue weighted by molar-refractivity contribution is 7.90. The van der Waals surface area contributed by atoms with Crippen molar-refractivity contribution in [2.75, 3.05) is 35.7 Å². The van der Waals surface area contributed by atoms with Crippen molar-refractivity contribution in [1.29, 1.82) is 0 Å². The Balaban J connectivity index is 1.96. The highest BCUT2D eigenvalue weighted by atomic mass is 32.2. The molecule has 0 spiro atoms. The van der Waals surface area contributed by atoms with Gasteiger partial charge in [-0.3, -0.25) is 0 Å². The van der Waals surface area contributed by atoms with E-state index in [0.717, 1.165) is 18.5 Å². The molecule has 0 N–H and O–H groups in total. The van der Waals surface area contributed by atoms with Gasteiger partial charge in [-0.15, -0.1) is 0 Å². The minimum absolute atomic E-state index is 0.0152. The van der Waals surface area contributed by atoms with Gasteiger partial charge in [0, 0.05) is 43.3 Å². The summed E-state index contributed by atoms with van der Waals surface area (Å²) in [6.45, 7) is 9.96. The lowest BCUT2D eigenvalue weighted by Gasteiger charge is -2.44. The Hall–Kier alpha value is -2.69. The third kappa shape index (κ3) is 5.29. The molecule has 0 amide bonds. The second-order valence-corrected chi connectivity index (χ2v) is 10.5. The van der Waals surface area contributed by atoms with E-state index in [-0.39, 0.29) is 29.0 Å². The molecule has 1 atom stereocenters. The monoisotopic (exact) mass is 486 g/mol. The molecule has 33 heavy (non-hydrogen) atoms. The second-order valence-electron chi connectivity index (χ2n) is 8.55. The first-order chi connectivity index (χ1) is 15.2. The fourth-order valence-corrected chi connectivity index (χ4v) is 4.63. The molecule has 1 aromatic carbocycles. The molecule has 0 aliphatic carbocycles. The third-order valence-electron chi connectivity index (χ3n) is 5.63. The number of hydrogen-bond acceptors (Lipinski definition) is 6. The molecule has 1 aromatic heterocycles. The number of allylic oxidation sites excluding steroid dienone is 1. The number of halogens is 4. The molecule has 1 aliphatic heterocycles. The van der Waals surface area contributed by atoms with Gasteiger partial charge in [0.25, 0.3) is 0 Å². The maximum atomic E-state index is 14.0. The van der Waals surface area contributed by atoms with E-state index in [1.54, 1.807) is 4.90 Å². The van der Waals surface area contributed by atoms with Gasteiger partial charge in [-0.2, -0.15) is 13.2 Å². The van der Waals surface area contributed by atoms with Crippen LogP contribution in [0.25, 0.3) is 5.57 Å². The zero-order valence-corrected chi connectivity index (χ0v) is 19.6. The Labute approximate surface area is 190 Å². The zero-order chi connectivity index (χ0) is 24.7. The van der Waals surface area contributed by atoms with Crippen LogP contribution in [0.2, 0.25) is 0 Å². The molecule has 0 bridgehead atoms. The van der Waals surface area contributed by atoms with E-state index in [4.69, 9.17) is 0 Å². The van der Waals surface area contributed by atoms with Crippen LogP contribution in [0.15, 0.2) is 35.9 Å². The van der Waals surface area contributed by atoms with Crippen LogP contribution in [-0.4, -0.2) is 50.3 Å². The van der Waals surface area contributed by atoms with Gasteiger partial charge >= 0.3 is 6.18 Å². The van der Waals surface area contributed by atoms with Gasteiger partial charge in [0.15, 0.2) is 15.5 Å². The summed E-state index contributed by atoms with van der Waals surface area (Å²) in [5.74, 6) is -0.839. The van der Waals surface area contributed by atoms with E-state index in [2.05, 4.69) is 16.5 Å². The summed E-state index contributed by atoms with van der Waals surface area (Å²) in [4.78, 5) is 11.3. The highest BCUT2D eigenvalue weighted by Gasteiger charge is 2.38. The van der Waals surface area contributed by atoms with Crippen LogP contribution in [0.3, 0.4) is 0 Å². The number of aromatic nitrogens is 2. The van der Waals surface area contributed by atoms with Crippen LogP contribution < -0.4 is 9.80 Å².